The molecule has 0 unspecified atom stereocenters. The van der Waals surface area contributed by atoms with Crippen LogP contribution >= 0.6 is 11.8 Å². The molecule has 5 nitrogen and oxygen atoms in total. The summed E-state index contributed by atoms with van der Waals surface area (Å²) in [5, 5.41) is 5.24. The lowest BCUT2D eigenvalue weighted by Gasteiger charge is -2.12. The molecular weight excluding hydrogens is 306 g/mol. The zero-order valence-electron chi connectivity index (χ0n) is 11.7. The standard InChI is InChI=1S/C14H15N3O2S2/c1-10-3-5-11(6-4-10)21(18,19)17-8-7-12-13(17)14(20-2)16-9-15-12/h3-8,16H,9H2,1-2H3. The Morgan fingerprint density at radius 2 is 1.95 bits per heavy atom. The van der Waals surface area contributed by atoms with Crippen LogP contribution in [0.1, 0.15) is 5.56 Å². The summed E-state index contributed by atoms with van der Waals surface area (Å²) in [6.45, 7) is 2.40. The largest absolute Gasteiger partial charge is 0.359 e. The van der Waals surface area contributed by atoms with E-state index in [0.29, 0.717) is 17.4 Å². The Morgan fingerprint density at radius 1 is 1.24 bits per heavy atom. The van der Waals surface area contributed by atoms with Crippen molar-refractivity contribution in [1.29, 1.82) is 0 Å². The number of nitrogens with zero attached hydrogens (tertiary/aromatic N) is 2. The molecule has 0 atom stereocenters. The maximum absolute atomic E-state index is 12.8. The van der Waals surface area contributed by atoms with Gasteiger partial charge in [0.25, 0.3) is 10.0 Å². The van der Waals surface area contributed by atoms with E-state index in [0.717, 1.165) is 10.6 Å². The third kappa shape index (κ3) is 2.36. The number of aryl methyl sites for hydroxylation is 1. The van der Waals surface area contributed by atoms with Gasteiger partial charge in [0, 0.05) is 6.20 Å². The van der Waals surface area contributed by atoms with Crippen LogP contribution in [0.3, 0.4) is 0 Å². The second-order valence-electron chi connectivity index (χ2n) is 4.69. The van der Waals surface area contributed by atoms with E-state index < -0.39 is 10.0 Å². The lowest BCUT2D eigenvalue weighted by Crippen LogP contribution is -2.41. The second-order valence-corrected chi connectivity index (χ2v) is 7.32. The topological polar surface area (TPSA) is 63.5 Å². The van der Waals surface area contributed by atoms with Crippen LogP contribution in [0.4, 0.5) is 0 Å². The summed E-state index contributed by atoms with van der Waals surface area (Å²) >= 11 is 1.48. The van der Waals surface area contributed by atoms with E-state index >= 15 is 0 Å². The van der Waals surface area contributed by atoms with Gasteiger partial charge < -0.3 is 5.32 Å². The number of thioether (sulfide) groups is 1. The molecule has 0 amide bonds. The highest BCUT2D eigenvalue weighted by Crippen LogP contribution is 2.14. The van der Waals surface area contributed by atoms with Crippen LogP contribution in [0.5, 0.6) is 0 Å². The van der Waals surface area contributed by atoms with E-state index in [1.54, 1.807) is 36.5 Å². The van der Waals surface area contributed by atoms with E-state index in [9.17, 15) is 8.42 Å². The Bertz CT molecular complexity index is 897. The Hall–Kier alpha value is -1.73. The van der Waals surface area contributed by atoms with E-state index in [-0.39, 0.29) is 4.90 Å². The minimum Gasteiger partial charge on any atom is -0.359 e. The van der Waals surface area contributed by atoms with Gasteiger partial charge in [-0.05, 0) is 31.4 Å². The average Bonchev–Trinajstić information content (AvgIpc) is 2.92. The fourth-order valence-electron chi connectivity index (χ4n) is 2.22. The van der Waals surface area contributed by atoms with Crippen molar-refractivity contribution < 1.29 is 8.42 Å². The summed E-state index contributed by atoms with van der Waals surface area (Å²) in [5.74, 6) is 0. The van der Waals surface area contributed by atoms with Crippen LogP contribution in [0.2, 0.25) is 0 Å². The molecule has 1 aliphatic rings. The molecule has 1 aromatic heterocycles. The fourth-order valence-corrected chi connectivity index (χ4v) is 4.24. The molecule has 3 rings (SSSR count). The summed E-state index contributed by atoms with van der Waals surface area (Å²) in [6, 6.07) is 8.58. The van der Waals surface area contributed by atoms with Crippen LogP contribution in [-0.2, 0) is 10.0 Å². The molecule has 0 fully saturated rings. The molecule has 0 saturated heterocycles. The van der Waals surface area contributed by atoms with Crippen LogP contribution in [0, 0.1) is 6.92 Å². The van der Waals surface area contributed by atoms with Crippen molar-refractivity contribution >= 4 is 26.8 Å². The third-order valence-corrected chi connectivity index (χ3v) is 5.75. The number of nitrogens with one attached hydrogen (secondary N) is 1. The predicted octanol–water partition coefficient (Wildman–Crippen LogP) is 0.643. The van der Waals surface area contributed by atoms with Crippen LogP contribution in [0.15, 0.2) is 46.4 Å². The normalized spacial score (nSPS) is 14.3. The summed E-state index contributed by atoms with van der Waals surface area (Å²) in [4.78, 5) is 4.58. The molecule has 0 aliphatic carbocycles. The first kappa shape index (κ1) is 14.2. The molecule has 2 heterocycles. The summed E-state index contributed by atoms with van der Waals surface area (Å²) in [6.07, 6.45) is 3.47. The van der Waals surface area contributed by atoms with Crippen LogP contribution in [-0.4, -0.2) is 25.3 Å². The highest BCUT2D eigenvalue weighted by Gasteiger charge is 2.20. The van der Waals surface area contributed by atoms with Gasteiger partial charge in [0.1, 0.15) is 12.0 Å². The molecule has 0 spiro atoms. The highest BCUT2D eigenvalue weighted by atomic mass is 32.2. The highest BCUT2D eigenvalue weighted by molar-refractivity contribution is 8.07. The molecule has 1 N–H and O–H groups in total. The molecule has 1 aromatic carbocycles. The first-order valence-electron chi connectivity index (χ1n) is 6.40. The molecular formula is C14H15N3O2S2. The van der Waals surface area contributed by atoms with Gasteiger partial charge in [-0.25, -0.2) is 12.4 Å². The quantitative estimate of drug-likeness (QED) is 0.901. The zero-order valence-corrected chi connectivity index (χ0v) is 13.3. The molecule has 110 valence electrons. The number of fused-ring (bicyclic) bond motifs is 1. The Labute approximate surface area is 127 Å². The number of hydrogen-bond donors (Lipinski definition) is 1. The molecule has 2 aromatic rings. The van der Waals surface area contributed by atoms with Gasteiger partial charge in [-0.15, -0.1) is 11.8 Å². The second kappa shape index (κ2) is 5.23. The maximum Gasteiger partial charge on any atom is 0.268 e. The smallest absolute Gasteiger partial charge is 0.268 e. The van der Waals surface area contributed by atoms with Gasteiger partial charge in [0.15, 0.2) is 0 Å². The molecule has 0 radical (unpaired) electrons. The van der Waals surface area contributed by atoms with Crippen molar-refractivity contribution in [2.24, 2.45) is 4.99 Å². The lowest BCUT2D eigenvalue weighted by atomic mass is 10.2. The van der Waals surface area contributed by atoms with Gasteiger partial charge in [-0.2, -0.15) is 0 Å². The molecule has 0 saturated carbocycles. The third-order valence-electron chi connectivity index (χ3n) is 3.32. The lowest BCUT2D eigenvalue weighted by molar-refractivity contribution is 0.585. The molecule has 7 heteroatoms. The van der Waals surface area contributed by atoms with Crippen LogP contribution in [0.25, 0.3) is 5.03 Å². The fraction of sp³-hybridized carbons (Fsp3) is 0.214. The number of hydrogen-bond acceptors (Lipinski definition) is 5. The molecule has 1 aliphatic heterocycles. The van der Waals surface area contributed by atoms with Crippen molar-refractivity contribution in [2.45, 2.75) is 11.8 Å². The van der Waals surface area contributed by atoms with Crippen LogP contribution < -0.4 is 16.0 Å². The van der Waals surface area contributed by atoms with Crippen molar-refractivity contribution in [3.63, 3.8) is 0 Å². The summed E-state index contributed by atoms with van der Waals surface area (Å²) in [7, 11) is -3.61. The van der Waals surface area contributed by atoms with Gasteiger partial charge in [0.2, 0.25) is 0 Å². The first-order valence-corrected chi connectivity index (χ1v) is 9.07. The summed E-state index contributed by atoms with van der Waals surface area (Å²) < 4.78 is 26.9. The molecule has 21 heavy (non-hydrogen) atoms. The minimum absolute atomic E-state index is 0.275. The van der Waals surface area contributed by atoms with Gasteiger partial charge in [-0.3, -0.25) is 4.99 Å². The SMILES string of the molecule is CSC1=c2c(ccn2S(=O)(=O)c2ccc(C)cc2)=NCN1. The Balaban J connectivity index is 2.28. The number of aromatic nitrogens is 1. The van der Waals surface area contributed by atoms with E-state index in [2.05, 4.69) is 10.3 Å². The van der Waals surface area contributed by atoms with Gasteiger partial charge in [0.05, 0.1) is 15.3 Å². The molecule has 0 bridgehead atoms. The Morgan fingerprint density at radius 3 is 2.62 bits per heavy atom. The average molecular weight is 321 g/mol. The van der Waals surface area contributed by atoms with E-state index in [4.69, 9.17) is 0 Å². The zero-order chi connectivity index (χ0) is 15.0. The van der Waals surface area contributed by atoms with Crippen molar-refractivity contribution in [3.05, 3.63) is 52.8 Å². The minimum atomic E-state index is -3.61. The number of rotatable bonds is 3. The van der Waals surface area contributed by atoms with Crippen molar-refractivity contribution in [2.75, 3.05) is 12.9 Å². The maximum atomic E-state index is 12.8. The predicted molar refractivity (Wildman–Crippen MR) is 83.9 cm³/mol. The number of benzene rings is 1. The van der Waals surface area contributed by atoms with Crippen molar-refractivity contribution in [3.8, 4) is 0 Å². The monoisotopic (exact) mass is 321 g/mol. The van der Waals surface area contributed by atoms with Gasteiger partial charge in [-0.1, -0.05) is 17.7 Å². The van der Waals surface area contributed by atoms with E-state index in [1.807, 2.05) is 13.2 Å². The van der Waals surface area contributed by atoms with Crippen molar-refractivity contribution in [1.82, 2.24) is 9.29 Å². The van der Waals surface area contributed by atoms with E-state index in [1.165, 1.54) is 15.7 Å². The Kier molecular flexibility index (Phi) is 3.54. The first-order chi connectivity index (χ1) is 10.0. The summed E-state index contributed by atoms with van der Waals surface area (Å²) in [5.41, 5.74) is 1.02. The van der Waals surface area contributed by atoms with Gasteiger partial charge >= 0.3 is 0 Å².